The fraction of sp³-hybridized carbons (Fsp3) is 0.250. The zero-order chi connectivity index (χ0) is 24.1. The minimum atomic E-state index is -0.700. The molecule has 0 atom stereocenters. The van der Waals surface area contributed by atoms with E-state index in [9.17, 15) is 4.79 Å². The molecule has 0 amide bonds. The first-order valence-electron chi connectivity index (χ1n) is 11.7. The molecular weight excluding hydrogens is 445 g/mol. The van der Waals surface area contributed by atoms with Gasteiger partial charge in [-0.25, -0.2) is 4.39 Å². The molecular formula is C28H24FN3O3. The highest BCUT2D eigenvalue weighted by atomic mass is 19.1. The summed E-state index contributed by atoms with van der Waals surface area (Å²) in [6.45, 7) is 3.54. The average Bonchev–Trinajstić information content (AvgIpc) is 3.46. The van der Waals surface area contributed by atoms with Gasteiger partial charge in [0.25, 0.3) is 5.89 Å². The van der Waals surface area contributed by atoms with E-state index < -0.39 is 11.8 Å². The van der Waals surface area contributed by atoms with Crippen LogP contribution in [0.1, 0.15) is 29.5 Å². The molecule has 1 N–H and O–H groups in total. The van der Waals surface area contributed by atoms with Crippen molar-refractivity contribution in [1.29, 1.82) is 0 Å². The van der Waals surface area contributed by atoms with Crippen LogP contribution >= 0.6 is 0 Å². The number of aryl methyl sites for hydroxylation is 1. The fourth-order valence-electron chi connectivity index (χ4n) is 5.13. The molecule has 35 heavy (non-hydrogen) atoms. The predicted molar refractivity (Wildman–Crippen MR) is 129 cm³/mol. The Morgan fingerprint density at radius 1 is 1.00 bits per heavy atom. The van der Waals surface area contributed by atoms with E-state index in [1.54, 1.807) is 6.07 Å². The molecule has 0 bridgehead atoms. The quantitative estimate of drug-likeness (QED) is 0.404. The summed E-state index contributed by atoms with van der Waals surface area (Å²) < 4.78 is 20.5. The number of rotatable bonds is 5. The van der Waals surface area contributed by atoms with Crippen LogP contribution in [-0.4, -0.2) is 32.2 Å². The largest absolute Gasteiger partial charge is 0.481 e. The number of halogens is 1. The topological polar surface area (TPSA) is 79.5 Å². The summed E-state index contributed by atoms with van der Waals surface area (Å²) >= 11 is 0. The molecule has 0 saturated heterocycles. The van der Waals surface area contributed by atoms with E-state index >= 15 is 4.39 Å². The number of benzene rings is 3. The van der Waals surface area contributed by atoms with Gasteiger partial charge >= 0.3 is 5.97 Å². The minimum absolute atomic E-state index is 0.150. The summed E-state index contributed by atoms with van der Waals surface area (Å²) in [5, 5.41) is 13.3. The standard InChI is InChI=1S/C28H24FN3O3/c1-16-9-24(25(29)13-23(16)17-5-3-2-4-6-17)27-30-26(31-35-27)18-7-8-19-14-32(15-21(19)10-18)22-11-20(12-22)28(33)34/h2-10,13,20,22H,11-12,14-15H2,1H3,(H,33,34)/t20-,22-. The molecule has 0 unspecified atom stereocenters. The Hall–Kier alpha value is -3.84. The van der Waals surface area contributed by atoms with Gasteiger partial charge in [-0.05, 0) is 65.8 Å². The molecule has 6 nitrogen and oxygen atoms in total. The number of aliphatic carboxylic acids is 1. The highest BCUT2D eigenvalue weighted by molar-refractivity contribution is 5.72. The molecule has 2 aliphatic rings. The normalized spacial score (nSPS) is 19.4. The monoisotopic (exact) mass is 469 g/mol. The van der Waals surface area contributed by atoms with E-state index in [0.717, 1.165) is 35.3 Å². The molecule has 1 saturated carbocycles. The van der Waals surface area contributed by atoms with E-state index in [4.69, 9.17) is 9.63 Å². The van der Waals surface area contributed by atoms with Crippen molar-refractivity contribution in [3.63, 3.8) is 0 Å². The number of carboxylic acids is 1. The van der Waals surface area contributed by atoms with Gasteiger partial charge < -0.3 is 9.63 Å². The van der Waals surface area contributed by atoms with E-state index in [2.05, 4.69) is 27.2 Å². The molecule has 1 aliphatic carbocycles. The number of nitrogens with zero attached hydrogens (tertiary/aromatic N) is 3. The molecule has 6 rings (SSSR count). The van der Waals surface area contributed by atoms with Crippen LogP contribution in [0.2, 0.25) is 0 Å². The second kappa shape index (κ2) is 8.43. The van der Waals surface area contributed by atoms with Crippen molar-refractivity contribution < 1.29 is 18.8 Å². The van der Waals surface area contributed by atoms with Crippen molar-refractivity contribution in [1.82, 2.24) is 15.0 Å². The summed E-state index contributed by atoms with van der Waals surface area (Å²) in [4.78, 5) is 18.0. The number of fused-ring (bicyclic) bond motifs is 1. The predicted octanol–water partition coefficient (Wildman–Crippen LogP) is 5.70. The van der Waals surface area contributed by atoms with Gasteiger partial charge in [-0.2, -0.15) is 4.98 Å². The lowest BCUT2D eigenvalue weighted by molar-refractivity contribution is -0.147. The van der Waals surface area contributed by atoms with Gasteiger partial charge in [-0.15, -0.1) is 0 Å². The van der Waals surface area contributed by atoms with Gasteiger partial charge in [0.15, 0.2) is 0 Å². The lowest BCUT2D eigenvalue weighted by atomic mass is 9.79. The van der Waals surface area contributed by atoms with Crippen LogP contribution in [0.25, 0.3) is 34.0 Å². The first kappa shape index (κ1) is 21.7. The molecule has 2 heterocycles. The first-order chi connectivity index (χ1) is 17.0. The second-order valence-electron chi connectivity index (χ2n) is 9.48. The van der Waals surface area contributed by atoms with Crippen molar-refractivity contribution >= 4 is 5.97 Å². The van der Waals surface area contributed by atoms with Crippen LogP contribution < -0.4 is 0 Å². The van der Waals surface area contributed by atoms with Crippen molar-refractivity contribution in [2.24, 2.45) is 5.92 Å². The summed E-state index contributed by atoms with van der Waals surface area (Å²) in [5.41, 5.74) is 6.22. The molecule has 4 aromatic rings. The Balaban J connectivity index is 1.22. The summed E-state index contributed by atoms with van der Waals surface area (Å²) in [5.74, 6) is -0.761. The molecule has 3 aromatic carbocycles. The molecule has 0 radical (unpaired) electrons. The van der Waals surface area contributed by atoms with Crippen molar-refractivity contribution in [3.05, 3.63) is 83.2 Å². The lowest BCUT2D eigenvalue weighted by Gasteiger charge is -2.39. The van der Waals surface area contributed by atoms with Gasteiger partial charge in [0.2, 0.25) is 5.82 Å². The summed E-state index contributed by atoms with van der Waals surface area (Å²) in [7, 11) is 0. The van der Waals surface area contributed by atoms with Gasteiger partial charge in [0, 0.05) is 24.7 Å². The fourth-order valence-corrected chi connectivity index (χ4v) is 5.13. The van der Waals surface area contributed by atoms with E-state index in [1.165, 1.54) is 17.2 Å². The highest BCUT2D eigenvalue weighted by Gasteiger charge is 2.39. The summed E-state index contributed by atoms with van der Waals surface area (Å²) in [6, 6.07) is 19.4. The van der Waals surface area contributed by atoms with Crippen LogP contribution in [0.5, 0.6) is 0 Å². The van der Waals surface area contributed by atoms with Crippen molar-refractivity contribution in [3.8, 4) is 34.0 Å². The average molecular weight is 470 g/mol. The van der Waals surface area contributed by atoms with E-state index in [0.29, 0.717) is 24.7 Å². The summed E-state index contributed by atoms with van der Waals surface area (Å²) in [6.07, 6.45) is 1.41. The van der Waals surface area contributed by atoms with E-state index in [1.807, 2.05) is 43.3 Å². The molecule has 1 aromatic heterocycles. The Morgan fingerprint density at radius 2 is 1.77 bits per heavy atom. The number of hydrogen-bond donors (Lipinski definition) is 1. The Kier molecular flexibility index (Phi) is 5.22. The third-order valence-electron chi connectivity index (χ3n) is 7.25. The second-order valence-corrected chi connectivity index (χ2v) is 9.48. The molecule has 1 aliphatic heterocycles. The van der Waals surface area contributed by atoms with Crippen LogP contribution in [0, 0.1) is 18.7 Å². The van der Waals surface area contributed by atoms with Gasteiger partial charge in [0.1, 0.15) is 5.82 Å². The smallest absolute Gasteiger partial charge is 0.306 e. The number of carbonyl (C=O) groups is 1. The van der Waals surface area contributed by atoms with E-state index in [-0.39, 0.29) is 17.4 Å². The lowest BCUT2D eigenvalue weighted by Crippen LogP contribution is -2.44. The molecule has 1 fully saturated rings. The van der Waals surface area contributed by atoms with Gasteiger partial charge in [-0.3, -0.25) is 9.69 Å². The van der Waals surface area contributed by atoms with Crippen LogP contribution in [0.15, 0.2) is 65.2 Å². The maximum atomic E-state index is 15.1. The highest BCUT2D eigenvalue weighted by Crippen LogP contribution is 2.38. The van der Waals surface area contributed by atoms with Crippen LogP contribution in [-0.2, 0) is 17.9 Å². The Bertz CT molecular complexity index is 1430. The molecule has 7 heteroatoms. The Morgan fingerprint density at radius 3 is 2.54 bits per heavy atom. The maximum Gasteiger partial charge on any atom is 0.306 e. The molecule has 0 spiro atoms. The van der Waals surface area contributed by atoms with Crippen molar-refractivity contribution in [2.45, 2.75) is 38.9 Å². The van der Waals surface area contributed by atoms with Crippen molar-refractivity contribution in [2.75, 3.05) is 0 Å². The molecule has 176 valence electrons. The maximum absolute atomic E-state index is 15.1. The zero-order valence-electron chi connectivity index (χ0n) is 19.2. The number of aromatic nitrogens is 2. The van der Waals surface area contributed by atoms with Crippen LogP contribution in [0.3, 0.4) is 0 Å². The third kappa shape index (κ3) is 3.91. The SMILES string of the molecule is Cc1cc(-c2nc(-c3ccc4c(c3)CN([C@H]3C[C@H](C(=O)O)C3)C4)no2)c(F)cc1-c1ccccc1. The Labute approximate surface area is 202 Å². The number of hydrogen-bond acceptors (Lipinski definition) is 5. The third-order valence-corrected chi connectivity index (χ3v) is 7.25. The minimum Gasteiger partial charge on any atom is -0.481 e. The zero-order valence-corrected chi connectivity index (χ0v) is 19.2. The van der Waals surface area contributed by atoms with Crippen LogP contribution in [0.4, 0.5) is 4.39 Å². The van der Waals surface area contributed by atoms with Gasteiger partial charge in [0.05, 0.1) is 11.5 Å². The number of carboxylic acid groups (broad SMARTS) is 1. The van der Waals surface area contributed by atoms with Gasteiger partial charge in [-0.1, -0.05) is 47.6 Å². The first-order valence-corrected chi connectivity index (χ1v) is 11.7.